The van der Waals surface area contributed by atoms with Crippen LogP contribution in [0.3, 0.4) is 0 Å². The SMILES string of the molecule is CN(C)[C@@H]1c2onc(OCc3ccccc3)c2C(=O)[C@@]2(O)C(=O)C3=C(O)c4c(OCc5ccccc5)cc(CN5CCC(C)(C)CC5)c(C#N)c4C[C@H]3C[C@@H]12. The van der Waals surface area contributed by atoms with E-state index in [0.717, 1.165) is 42.6 Å². The molecule has 0 amide bonds. The third-order valence-electron chi connectivity index (χ3n) is 12.1. The number of aromatic nitrogens is 1. The lowest BCUT2D eigenvalue weighted by molar-refractivity contribution is -0.142. The first kappa shape index (κ1) is 36.7. The molecule has 3 aliphatic carbocycles. The van der Waals surface area contributed by atoms with Crippen LogP contribution < -0.4 is 9.47 Å². The number of hydrogen-bond donors (Lipinski definition) is 2. The molecule has 2 fully saturated rings. The first-order valence-electron chi connectivity index (χ1n) is 19.0. The molecule has 1 saturated carbocycles. The number of aliphatic hydroxyl groups is 2. The summed E-state index contributed by atoms with van der Waals surface area (Å²) in [5.41, 5.74) is 1.44. The molecule has 2 heterocycles. The van der Waals surface area contributed by atoms with Gasteiger partial charge in [0.15, 0.2) is 11.4 Å². The molecule has 55 heavy (non-hydrogen) atoms. The minimum Gasteiger partial charge on any atom is -0.507 e. The van der Waals surface area contributed by atoms with Gasteiger partial charge < -0.3 is 24.2 Å². The topological polar surface area (TPSA) is 149 Å². The average molecular weight is 743 g/mol. The quantitative estimate of drug-likeness (QED) is 0.179. The molecular formula is C44H46N4O7. The second kappa shape index (κ2) is 14.1. The Balaban J connectivity index is 1.21. The van der Waals surface area contributed by atoms with Gasteiger partial charge >= 0.3 is 0 Å². The molecule has 1 aromatic heterocycles. The molecular weight excluding hydrogens is 697 g/mol. The Labute approximate surface area is 320 Å². The Morgan fingerprint density at radius 1 is 0.964 bits per heavy atom. The van der Waals surface area contributed by atoms with Crippen LogP contribution in [-0.2, 0) is 31.0 Å². The summed E-state index contributed by atoms with van der Waals surface area (Å²) in [6.07, 6.45) is 2.48. The number of likely N-dealkylation sites (tertiary alicyclic amines) is 1. The van der Waals surface area contributed by atoms with Crippen LogP contribution >= 0.6 is 0 Å². The Morgan fingerprint density at radius 2 is 1.60 bits per heavy atom. The fourth-order valence-corrected chi connectivity index (χ4v) is 9.04. The maximum absolute atomic E-state index is 14.9. The van der Waals surface area contributed by atoms with Crippen LogP contribution in [0.25, 0.3) is 5.76 Å². The van der Waals surface area contributed by atoms with Crippen molar-refractivity contribution < 1.29 is 33.8 Å². The molecule has 0 bridgehead atoms. The number of Topliss-reactive ketones (excluding diaryl/α,β-unsaturated/α-hetero) is 2. The fraction of sp³-hybridized carbons (Fsp3) is 0.409. The smallest absolute Gasteiger partial charge is 0.265 e. The van der Waals surface area contributed by atoms with E-state index in [4.69, 9.17) is 14.0 Å². The van der Waals surface area contributed by atoms with Gasteiger partial charge in [-0.15, -0.1) is 0 Å². The van der Waals surface area contributed by atoms with Crippen LogP contribution in [0.1, 0.15) is 88.7 Å². The van der Waals surface area contributed by atoms with Crippen molar-refractivity contribution in [1.29, 1.82) is 5.26 Å². The number of piperidine rings is 1. The number of rotatable bonds is 9. The van der Waals surface area contributed by atoms with Crippen molar-refractivity contribution >= 4 is 17.3 Å². The summed E-state index contributed by atoms with van der Waals surface area (Å²) in [7, 11) is 3.58. The molecule has 0 unspecified atom stereocenters. The Hall–Kier alpha value is -5.28. The number of nitrogens with zero attached hydrogens (tertiary/aromatic N) is 4. The van der Waals surface area contributed by atoms with Crippen molar-refractivity contribution in [3.8, 4) is 17.7 Å². The Kier molecular flexibility index (Phi) is 9.40. The van der Waals surface area contributed by atoms with Gasteiger partial charge in [-0.1, -0.05) is 74.5 Å². The zero-order valence-corrected chi connectivity index (χ0v) is 31.7. The average Bonchev–Trinajstić information content (AvgIpc) is 3.59. The first-order valence-corrected chi connectivity index (χ1v) is 19.0. The number of nitriles is 1. The van der Waals surface area contributed by atoms with Gasteiger partial charge in [0.25, 0.3) is 5.88 Å². The highest BCUT2D eigenvalue weighted by Crippen LogP contribution is 2.56. The highest BCUT2D eigenvalue weighted by atomic mass is 16.5. The standard InChI is InChI=1S/C44H46N4O7/c1-43(2)15-17-48(18-16-43)23-29-21-33(53-24-26-11-7-5-8-12-26)35-30(31(29)22-45)19-28-20-32-37(47(3)4)39-36(41(51)44(32,52)40(50)34(28)38(35)49)42(46-55-39)54-25-27-13-9-6-10-14-27/h5-14,21,28,32,37,49,52H,15-20,23-25H2,1-4H3/t28-,32-,37-,44-/m0/s1. The lowest BCUT2D eigenvalue weighted by atomic mass is 9.57. The third-order valence-corrected chi connectivity index (χ3v) is 12.1. The zero-order valence-electron chi connectivity index (χ0n) is 31.7. The molecule has 4 aromatic rings. The van der Waals surface area contributed by atoms with Gasteiger partial charge in [0, 0.05) is 18.0 Å². The van der Waals surface area contributed by atoms with Crippen molar-refractivity contribution in [3.05, 3.63) is 117 Å². The molecule has 4 atom stereocenters. The number of ketones is 2. The van der Waals surface area contributed by atoms with Crippen molar-refractivity contribution in [1.82, 2.24) is 15.0 Å². The summed E-state index contributed by atoms with van der Waals surface area (Å²) in [6, 6.07) is 22.5. The molecule has 1 aliphatic heterocycles. The highest BCUT2D eigenvalue weighted by molar-refractivity contribution is 6.26. The lowest BCUT2D eigenvalue weighted by Crippen LogP contribution is -2.63. The van der Waals surface area contributed by atoms with E-state index < -0.39 is 35.0 Å². The van der Waals surface area contributed by atoms with Gasteiger partial charge in [-0.2, -0.15) is 5.26 Å². The fourth-order valence-electron chi connectivity index (χ4n) is 9.04. The Morgan fingerprint density at radius 3 is 2.22 bits per heavy atom. The largest absolute Gasteiger partial charge is 0.507 e. The minimum atomic E-state index is -2.54. The van der Waals surface area contributed by atoms with Gasteiger partial charge in [0.05, 0.1) is 23.2 Å². The van der Waals surface area contributed by atoms with E-state index in [-0.39, 0.29) is 65.6 Å². The maximum Gasteiger partial charge on any atom is 0.265 e. The van der Waals surface area contributed by atoms with E-state index in [9.17, 15) is 25.1 Å². The normalized spacial score (nSPS) is 24.4. The summed E-state index contributed by atoms with van der Waals surface area (Å²) < 4.78 is 18.2. The molecule has 284 valence electrons. The highest BCUT2D eigenvalue weighted by Gasteiger charge is 2.65. The summed E-state index contributed by atoms with van der Waals surface area (Å²) in [5, 5.41) is 39.6. The summed E-state index contributed by atoms with van der Waals surface area (Å²) in [4.78, 5) is 33.5. The third kappa shape index (κ3) is 6.32. The number of ether oxygens (including phenoxy) is 2. The lowest BCUT2D eigenvalue weighted by Gasteiger charge is -2.49. The van der Waals surface area contributed by atoms with Gasteiger partial charge in [0.1, 0.15) is 30.3 Å². The van der Waals surface area contributed by atoms with Gasteiger partial charge in [0.2, 0.25) is 11.6 Å². The second-order valence-corrected chi connectivity index (χ2v) is 16.4. The van der Waals surface area contributed by atoms with Gasteiger partial charge in [-0.25, -0.2) is 0 Å². The van der Waals surface area contributed by atoms with E-state index in [1.807, 2.05) is 66.7 Å². The van der Waals surface area contributed by atoms with E-state index in [0.29, 0.717) is 23.4 Å². The van der Waals surface area contributed by atoms with E-state index in [1.54, 1.807) is 19.0 Å². The van der Waals surface area contributed by atoms with Crippen LogP contribution in [0.5, 0.6) is 11.6 Å². The number of aliphatic hydroxyl groups excluding tert-OH is 1. The monoisotopic (exact) mass is 742 g/mol. The van der Waals surface area contributed by atoms with Crippen LogP contribution in [0.4, 0.5) is 0 Å². The van der Waals surface area contributed by atoms with Crippen molar-refractivity contribution in [2.45, 2.75) is 70.9 Å². The second-order valence-electron chi connectivity index (χ2n) is 16.4. The predicted molar refractivity (Wildman–Crippen MR) is 203 cm³/mol. The first-order chi connectivity index (χ1) is 26.4. The molecule has 0 radical (unpaired) electrons. The van der Waals surface area contributed by atoms with Crippen LogP contribution in [0, 0.1) is 28.6 Å². The zero-order chi connectivity index (χ0) is 38.6. The summed E-state index contributed by atoms with van der Waals surface area (Å²) in [6.45, 7) is 7.16. The van der Waals surface area contributed by atoms with Gasteiger partial charge in [-0.3, -0.25) is 19.4 Å². The van der Waals surface area contributed by atoms with Gasteiger partial charge in [-0.05, 0) is 97.7 Å². The van der Waals surface area contributed by atoms with Crippen molar-refractivity contribution in [2.75, 3.05) is 27.2 Å². The van der Waals surface area contributed by atoms with E-state index in [1.165, 1.54) is 0 Å². The number of benzene rings is 3. The predicted octanol–water partition coefficient (Wildman–Crippen LogP) is 6.59. The Bertz CT molecular complexity index is 2210. The molecule has 2 N–H and O–H groups in total. The molecule has 11 nitrogen and oxygen atoms in total. The number of carbonyl (C=O) groups excluding carboxylic acids is 2. The molecule has 1 saturated heterocycles. The molecule has 11 heteroatoms. The van der Waals surface area contributed by atoms with Crippen LogP contribution in [0.2, 0.25) is 0 Å². The maximum atomic E-state index is 14.9. The molecule has 8 rings (SSSR count). The van der Waals surface area contributed by atoms with E-state index in [2.05, 4.69) is 30.0 Å². The van der Waals surface area contributed by atoms with Crippen LogP contribution in [-0.4, -0.2) is 69.5 Å². The minimum absolute atomic E-state index is 0.0387. The molecule has 3 aromatic carbocycles. The number of fused-ring (bicyclic) bond motifs is 4. The molecule has 0 spiro atoms. The number of carbonyl (C=O) groups is 2. The van der Waals surface area contributed by atoms with E-state index >= 15 is 0 Å². The molecule has 4 aliphatic rings. The summed E-state index contributed by atoms with van der Waals surface area (Å²) >= 11 is 0. The number of hydrogen-bond acceptors (Lipinski definition) is 11. The summed E-state index contributed by atoms with van der Waals surface area (Å²) in [5.74, 6) is -3.20. The van der Waals surface area contributed by atoms with Crippen molar-refractivity contribution in [2.24, 2.45) is 17.3 Å². The van der Waals surface area contributed by atoms with Crippen molar-refractivity contribution in [3.63, 3.8) is 0 Å². The van der Waals surface area contributed by atoms with Crippen LogP contribution in [0.15, 0.2) is 76.8 Å².